The Balaban J connectivity index is 2.00. The standard InChI is InChI=1S/C20H13NO2/c22-19-15-8-7-12-6-3-9-23-20(12)18(15)21-17-11-14-5-2-1-4-13(14)10-16(17)19/h1-6,8-11,21H,7H2. The van der Waals surface area contributed by atoms with Crippen LogP contribution in [-0.4, -0.2) is 4.98 Å². The molecule has 3 nitrogen and oxygen atoms in total. The van der Waals surface area contributed by atoms with Gasteiger partial charge in [0.25, 0.3) is 0 Å². The van der Waals surface area contributed by atoms with Crippen molar-refractivity contribution in [3.63, 3.8) is 0 Å². The maximum absolute atomic E-state index is 12.9. The van der Waals surface area contributed by atoms with E-state index in [1.54, 1.807) is 6.26 Å². The van der Waals surface area contributed by atoms with Crippen LogP contribution in [0.5, 0.6) is 0 Å². The third kappa shape index (κ3) is 1.73. The van der Waals surface area contributed by atoms with E-state index >= 15 is 0 Å². The van der Waals surface area contributed by atoms with Crippen molar-refractivity contribution < 1.29 is 4.74 Å². The molecule has 2 heterocycles. The Morgan fingerprint density at radius 1 is 1.09 bits per heavy atom. The Morgan fingerprint density at radius 3 is 2.78 bits per heavy atom. The molecular weight excluding hydrogens is 286 g/mol. The van der Waals surface area contributed by atoms with E-state index in [2.05, 4.69) is 11.1 Å². The van der Waals surface area contributed by atoms with Crippen molar-refractivity contribution >= 4 is 33.5 Å². The minimum absolute atomic E-state index is 0.0595. The molecule has 5 rings (SSSR count). The molecule has 1 aliphatic carbocycles. The predicted molar refractivity (Wildman–Crippen MR) is 92.1 cm³/mol. The number of hydrogen-bond donors (Lipinski definition) is 1. The molecule has 0 bridgehead atoms. The minimum Gasteiger partial charge on any atom is -0.462 e. The highest BCUT2D eigenvalue weighted by molar-refractivity contribution is 5.96. The van der Waals surface area contributed by atoms with E-state index in [-0.39, 0.29) is 5.43 Å². The van der Waals surface area contributed by atoms with E-state index in [0.717, 1.165) is 44.8 Å². The van der Waals surface area contributed by atoms with E-state index in [1.165, 1.54) is 0 Å². The topological polar surface area (TPSA) is 42.1 Å². The first kappa shape index (κ1) is 12.5. The predicted octanol–water partition coefficient (Wildman–Crippen LogP) is 2.44. The quantitative estimate of drug-likeness (QED) is 0.648. The van der Waals surface area contributed by atoms with Gasteiger partial charge in [-0.2, -0.15) is 0 Å². The second kappa shape index (κ2) is 4.46. The lowest BCUT2D eigenvalue weighted by molar-refractivity contribution is 0.423. The van der Waals surface area contributed by atoms with Gasteiger partial charge in [0.15, 0.2) is 11.2 Å². The Labute approximate surface area is 131 Å². The van der Waals surface area contributed by atoms with Crippen molar-refractivity contribution in [3.8, 4) is 0 Å². The van der Waals surface area contributed by atoms with E-state index in [0.29, 0.717) is 5.22 Å². The van der Waals surface area contributed by atoms with Gasteiger partial charge in [-0.25, -0.2) is 0 Å². The summed E-state index contributed by atoms with van der Waals surface area (Å²) in [6, 6.07) is 12.1. The summed E-state index contributed by atoms with van der Waals surface area (Å²) in [7, 11) is 0. The Hall–Kier alpha value is -3.07. The molecule has 1 N–H and O–H groups in total. The van der Waals surface area contributed by atoms with Crippen molar-refractivity contribution in [3.05, 3.63) is 81.2 Å². The number of nitrogens with one attached hydrogen (secondary N) is 1. The molecule has 1 aromatic heterocycles. The normalized spacial score (nSPS) is 15.7. The van der Waals surface area contributed by atoms with Crippen LogP contribution >= 0.6 is 0 Å². The van der Waals surface area contributed by atoms with Crippen molar-refractivity contribution in [2.24, 2.45) is 0 Å². The number of hydrogen-bond acceptors (Lipinski definition) is 2. The van der Waals surface area contributed by atoms with E-state index < -0.39 is 0 Å². The molecule has 3 aromatic rings. The van der Waals surface area contributed by atoms with Gasteiger partial charge in [0.2, 0.25) is 0 Å². The fourth-order valence-corrected chi connectivity index (χ4v) is 3.37. The van der Waals surface area contributed by atoms with Gasteiger partial charge < -0.3 is 9.72 Å². The number of pyridine rings is 1. The summed E-state index contributed by atoms with van der Waals surface area (Å²) < 4.78 is 5.68. The van der Waals surface area contributed by atoms with Crippen molar-refractivity contribution in [2.45, 2.75) is 6.42 Å². The summed E-state index contributed by atoms with van der Waals surface area (Å²) in [6.07, 6.45) is 8.26. The first-order valence-electron chi connectivity index (χ1n) is 7.63. The van der Waals surface area contributed by atoms with Crippen LogP contribution in [0.4, 0.5) is 0 Å². The minimum atomic E-state index is 0.0595. The molecule has 0 radical (unpaired) electrons. The van der Waals surface area contributed by atoms with Gasteiger partial charge in [-0.15, -0.1) is 0 Å². The van der Waals surface area contributed by atoms with Gasteiger partial charge in [0.1, 0.15) is 0 Å². The largest absolute Gasteiger partial charge is 0.462 e. The smallest absolute Gasteiger partial charge is 0.197 e. The molecule has 0 atom stereocenters. The number of aromatic amines is 1. The highest BCUT2D eigenvalue weighted by atomic mass is 16.5. The van der Waals surface area contributed by atoms with E-state index in [9.17, 15) is 4.79 Å². The summed E-state index contributed by atoms with van der Waals surface area (Å²) >= 11 is 0. The lowest BCUT2D eigenvalue weighted by atomic mass is 10.00. The molecule has 0 amide bonds. The van der Waals surface area contributed by atoms with Crippen LogP contribution in [0.15, 0.2) is 65.2 Å². The highest BCUT2D eigenvalue weighted by Gasteiger charge is 2.16. The first-order valence-corrected chi connectivity index (χ1v) is 7.63. The lowest BCUT2D eigenvalue weighted by Crippen LogP contribution is -2.44. The highest BCUT2D eigenvalue weighted by Crippen LogP contribution is 2.22. The Bertz CT molecular complexity index is 1230. The summed E-state index contributed by atoms with van der Waals surface area (Å²) in [6.45, 7) is 0. The maximum atomic E-state index is 12.9. The monoisotopic (exact) mass is 299 g/mol. The number of rotatable bonds is 0. The van der Waals surface area contributed by atoms with Crippen molar-refractivity contribution in [1.29, 1.82) is 0 Å². The fourth-order valence-electron chi connectivity index (χ4n) is 3.37. The summed E-state index contributed by atoms with van der Waals surface area (Å²) in [5.74, 6) is 0.761. The second-order valence-corrected chi connectivity index (χ2v) is 5.86. The fraction of sp³-hybridized carbons (Fsp3) is 0.0500. The van der Waals surface area contributed by atoms with Crippen molar-refractivity contribution in [2.75, 3.05) is 0 Å². The van der Waals surface area contributed by atoms with Crippen LogP contribution in [0.3, 0.4) is 0 Å². The molecule has 0 saturated carbocycles. The summed E-state index contributed by atoms with van der Waals surface area (Å²) in [5, 5.41) is 4.39. The van der Waals surface area contributed by atoms with Gasteiger partial charge >= 0.3 is 0 Å². The molecule has 0 saturated heterocycles. The Morgan fingerprint density at radius 2 is 1.91 bits per heavy atom. The lowest BCUT2D eigenvalue weighted by Gasteiger charge is -2.16. The van der Waals surface area contributed by atoms with Crippen LogP contribution in [0.2, 0.25) is 0 Å². The van der Waals surface area contributed by atoms with Crippen molar-refractivity contribution in [1.82, 2.24) is 4.98 Å². The van der Waals surface area contributed by atoms with Crippen LogP contribution in [0.1, 0.15) is 6.42 Å². The molecule has 2 aromatic carbocycles. The number of benzene rings is 2. The first-order chi connectivity index (χ1) is 11.3. The number of H-pyrrole nitrogens is 1. The average Bonchev–Trinajstić information content (AvgIpc) is 2.60. The molecule has 0 fully saturated rings. The van der Waals surface area contributed by atoms with E-state index in [1.807, 2.05) is 48.6 Å². The Kier molecular flexibility index (Phi) is 2.42. The molecule has 2 aliphatic rings. The summed E-state index contributed by atoms with van der Waals surface area (Å²) in [5.41, 5.74) is 1.99. The van der Waals surface area contributed by atoms with Gasteiger partial charge in [-0.1, -0.05) is 36.4 Å². The van der Waals surface area contributed by atoms with Crippen LogP contribution in [-0.2, 0) is 4.74 Å². The number of fused-ring (bicyclic) bond motifs is 4. The second-order valence-electron chi connectivity index (χ2n) is 5.86. The molecule has 0 spiro atoms. The number of allylic oxidation sites excluding steroid dienone is 2. The van der Waals surface area contributed by atoms with Gasteiger partial charge in [-0.3, -0.25) is 4.79 Å². The van der Waals surface area contributed by atoms with Crippen LogP contribution in [0, 0.1) is 0 Å². The number of ether oxygens (including phenoxy) is 1. The SMILES string of the molecule is O=c1c2c([nH]c3cc4ccccc4cc13)=C1OC=CC=C1CC=2. The van der Waals surface area contributed by atoms with Gasteiger partial charge in [0, 0.05) is 16.2 Å². The zero-order chi connectivity index (χ0) is 15.4. The van der Waals surface area contributed by atoms with E-state index in [4.69, 9.17) is 4.74 Å². The summed E-state index contributed by atoms with van der Waals surface area (Å²) in [4.78, 5) is 16.3. The molecule has 1 aliphatic heterocycles. The molecule has 0 unspecified atom stereocenters. The van der Waals surface area contributed by atoms with Crippen LogP contribution < -0.4 is 16.0 Å². The molecule has 3 heteroatoms. The number of aromatic nitrogens is 1. The third-order valence-corrected chi connectivity index (χ3v) is 4.51. The molecule has 110 valence electrons. The third-order valence-electron chi connectivity index (χ3n) is 4.51. The average molecular weight is 299 g/mol. The molecular formula is C20H13NO2. The molecule has 23 heavy (non-hydrogen) atoms. The van der Waals surface area contributed by atoms with Gasteiger partial charge in [-0.05, 0) is 35.4 Å². The zero-order valence-electron chi connectivity index (χ0n) is 12.3. The maximum Gasteiger partial charge on any atom is 0.197 e. The van der Waals surface area contributed by atoms with Gasteiger partial charge in [0.05, 0.1) is 17.1 Å². The zero-order valence-corrected chi connectivity index (χ0v) is 12.3. The van der Waals surface area contributed by atoms with Crippen LogP contribution in [0.25, 0.3) is 33.5 Å².